The Morgan fingerprint density at radius 3 is 2.65 bits per heavy atom. The number of hydrogen-bond donors (Lipinski definition) is 1. The molecule has 136 valence electrons. The molecule has 1 aromatic carbocycles. The van der Waals surface area contributed by atoms with E-state index < -0.39 is 0 Å². The van der Waals surface area contributed by atoms with Crippen molar-refractivity contribution in [2.45, 2.75) is 34.0 Å². The van der Waals surface area contributed by atoms with Crippen LogP contribution in [0.3, 0.4) is 0 Å². The van der Waals surface area contributed by atoms with Gasteiger partial charge in [-0.25, -0.2) is 4.68 Å². The molecule has 2 aromatic heterocycles. The molecule has 1 amide bonds. The fraction of sp³-hybridized carbons (Fsp3) is 0.316. The summed E-state index contributed by atoms with van der Waals surface area (Å²) in [5, 5.41) is 11.7. The van der Waals surface area contributed by atoms with Crippen LogP contribution in [0.25, 0.3) is 0 Å². The zero-order chi connectivity index (χ0) is 18.7. The summed E-state index contributed by atoms with van der Waals surface area (Å²) in [6, 6.07) is 9.88. The van der Waals surface area contributed by atoms with Crippen molar-refractivity contribution in [2.24, 2.45) is 0 Å². The Bertz CT molecular complexity index is 926. The van der Waals surface area contributed by atoms with Crippen molar-refractivity contribution in [1.29, 1.82) is 0 Å². The summed E-state index contributed by atoms with van der Waals surface area (Å²) in [5.41, 5.74) is 5.18. The monoisotopic (exact) mass is 353 g/mol. The van der Waals surface area contributed by atoms with Crippen LogP contribution >= 0.6 is 0 Å². The van der Waals surface area contributed by atoms with Crippen LogP contribution in [0, 0.1) is 20.8 Å². The van der Waals surface area contributed by atoms with E-state index >= 15 is 0 Å². The molecule has 0 radical (unpaired) electrons. The van der Waals surface area contributed by atoms with Crippen molar-refractivity contribution in [1.82, 2.24) is 19.6 Å². The van der Waals surface area contributed by atoms with Crippen LogP contribution in [-0.4, -0.2) is 32.6 Å². The number of hydrogen-bond acceptors (Lipinski definition) is 4. The highest BCUT2D eigenvalue weighted by Crippen LogP contribution is 2.21. The highest BCUT2D eigenvalue weighted by Gasteiger charge is 2.17. The largest absolute Gasteiger partial charge is 0.362 e. The van der Waals surface area contributed by atoms with Crippen LogP contribution in [0.2, 0.25) is 0 Å². The number of anilines is 1. The van der Waals surface area contributed by atoms with Crippen molar-refractivity contribution in [3.63, 3.8) is 0 Å². The second kappa shape index (κ2) is 7.53. The molecule has 3 rings (SSSR count). The SMILES string of the molecule is COCn1ccc(C(=O)Nc2c(C)nn(Cc3ccccc3C)c2C)n1. The lowest BCUT2D eigenvalue weighted by Crippen LogP contribution is -2.15. The first-order chi connectivity index (χ1) is 12.5. The molecule has 7 nitrogen and oxygen atoms in total. The topological polar surface area (TPSA) is 74.0 Å². The first kappa shape index (κ1) is 17.9. The van der Waals surface area contributed by atoms with E-state index in [2.05, 4.69) is 34.6 Å². The normalized spacial score (nSPS) is 10.9. The number of amides is 1. The first-order valence-corrected chi connectivity index (χ1v) is 8.42. The van der Waals surface area contributed by atoms with Crippen LogP contribution in [0.1, 0.15) is 33.0 Å². The third-order valence-electron chi connectivity index (χ3n) is 4.34. The number of carbonyl (C=O) groups excluding carboxylic acids is 1. The number of benzene rings is 1. The molecule has 7 heteroatoms. The lowest BCUT2D eigenvalue weighted by atomic mass is 10.1. The first-order valence-electron chi connectivity index (χ1n) is 8.42. The van der Waals surface area contributed by atoms with Crippen LogP contribution < -0.4 is 5.32 Å². The smallest absolute Gasteiger partial charge is 0.276 e. The number of nitrogens with one attached hydrogen (secondary N) is 1. The maximum atomic E-state index is 12.5. The summed E-state index contributed by atoms with van der Waals surface area (Å²) in [4.78, 5) is 12.5. The van der Waals surface area contributed by atoms with Crippen molar-refractivity contribution in [2.75, 3.05) is 12.4 Å². The molecule has 0 aliphatic rings. The van der Waals surface area contributed by atoms with Crippen molar-refractivity contribution in [3.8, 4) is 0 Å². The molecular weight excluding hydrogens is 330 g/mol. The Morgan fingerprint density at radius 1 is 1.15 bits per heavy atom. The standard InChI is InChI=1S/C19H23N5O2/c1-13-7-5-6-8-16(13)11-24-15(3)18(14(2)21-24)20-19(25)17-9-10-23(22-17)12-26-4/h5-10H,11-12H2,1-4H3,(H,20,25). The lowest BCUT2D eigenvalue weighted by molar-refractivity contribution is 0.101. The van der Waals surface area contributed by atoms with Crippen LogP contribution in [-0.2, 0) is 18.0 Å². The number of aromatic nitrogens is 4. The van der Waals surface area contributed by atoms with Gasteiger partial charge in [-0.15, -0.1) is 0 Å². The van der Waals surface area contributed by atoms with Gasteiger partial charge in [-0.1, -0.05) is 24.3 Å². The maximum Gasteiger partial charge on any atom is 0.276 e. The van der Waals surface area contributed by atoms with Gasteiger partial charge in [0.25, 0.3) is 5.91 Å². The average molecular weight is 353 g/mol. The molecule has 1 N–H and O–H groups in total. The summed E-state index contributed by atoms with van der Waals surface area (Å²) in [6.45, 7) is 6.90. The third-order valence-corrected chi connectivity index (χ3v) is 4.34. The predicted molar refractivity (Wildman–Crippen MR) is 99.2 cm³/mol. The molecule has 0 unspecified atom stereocenters. The van der Waals surface area contributed by atoms with E-state index in [4.69, 9.17) is 4.74 Å². The van der Waals surface area contributed by atoms with E-state index in [0.717, 1.165) is 17.1 Å². The number of ether oxygens (including phenoxy) is 1. The van der Waals surface area contributed by atoms with Gasteiger partial charge in [0.05, 0.1) is 23.6 Å². The molecule has 0 aliphatic carbocycles. The Morgan fingerprint density at radius 2 is 1.92 bits per heavy atom. The quantitative estimate of drug-likeness (QED) is 0.739. The number of nitrogens with zero attached hydrogens (tertiary/aromatic N) is 4. The van der Waals surface area contributed by atoms with E-state index in [-0.39, 0.29) is 5.91 Å². The summed E-state index contributed by atoms with van der Waals surface area (Å²) >= 11 is 0. The highest BCUT2D eigenvalue weighted by atomic mass is 16.5. The number of carbonyl (C=O) groups is 1. The molecule has 0 spiro atoms. The molecule has 0 saturated carbocycles. The number of aryl methyl sites for hydroxylation is 2. The van der Waals surface area contributed by atoms with Crippen LogP contribution in [0.15, 0.2) is 36.5 Å². The molecule has 0 aliphatic heterocycles. The number of methoxy groups -OCH3 is 1. The molecule has 0 saturated heterocycles. The fourth-order valence-corrected chi connectivity index (χ4v) is 2.85. The van der Waals surface area contributed by atoms with Gasteiger partial charge in [0.15, 0.2) is 5.69 Å². The molecule has 26 heavy (non-hydrogen) atoms. The van der Waals surface area contributed by atoms with Crippen molar-refractivity contribution >= 4 is 11.6 Å². The zero-order valence-electron chi connectivity index (χ0n) is 15.5. The van der Waals surface area contributed by atoms with Gasteiger partial charge in [-0.2, -0.15) is 10.2 Å². The highest BCUT2D eigenvalue weighted by molar-refractivity contribution is 6.03. The van der Waals surface area contributed by atoms with E-state index in [1.54, 1.807) is 24.1 Å². The van der Waals surface area contributed by atoms with Crippen LogP contribution in [0.5, 0.6) is 0 Å². The van der Waals surface area contributed by atoms with E-state index in [1.165, 1.54) is 11.1 Å². The van der Waals surface area contributed by atoms with Crippen molar-refractivity contribution in [3.05, 3.63) is 64.7 Å². The zero-order valence-corrected chi connectivity index (χ0v) is 15.5. The van der Waals surface area contributed by atoms with Gasteiger partial charge < -0.3 is 10.1 Å². The van der Waals surface area contributed by atoms with Gasteiger partial charge in [0.2, 0.25) is 0 Å². The lowest BCUT2D eigenvalue weighted by Gasteiger charge is -2.08. The van der Waals surface area contributed by atoms with Gasteiger partial charge >= 0.3 is 0 Å². The molecule has 3 aromatic rings. The van der Waals surface area contributed by atoms with Gasteiger partial charge in [0.1, 0.15) is 6.73 Å². The Balaban J connectivity index is 1.79. The van der Waals surface area contributed by atoms with E-state index in [1.807, 2.05) is 30.7 Å². The summed E-state index contributed by atoms with van der Waals surface area (Å²) in [7, 11) is 1.58. The molecular formula is C19H23N5O2. The Labute approximate surface area is 152 Å². The number of rotatable bonds is 6. The fourth-order valence-electron chi connectivity index (χ4n) is 2.85. The van der Waals surface area contributed by atoms with Gasteiger partial charge in [-0.05, 0) is 38.0 Å². The Hall–Kier alpha value is -2.93. The minimum Gasteiger partial charge on any atom is -0.362 e. The molecule has 0 bridgehead atoms. The molecule has 2 heterocycles. The summed E-state index contributed by atoms with van der Waals surface area (Å²) in [6.07, 6.45) is 1.71. The minimum absolute atomic E-state index is 0.263. The molecule has 0 atom stereocenters. The maximum absolute atomic E-state index is 12.5. The molecule has 0 fully saturated rings. The van der Waals surface area contributed by atoms with Crippen molar-refractivity contribution < 1.29 is 9.53 Å². The van der Waals surface area contributed by atoms with E-state index in [0.29, 0.717) is 19.0 Å². The third kappa shape index (κ3) is 3.67. The van der Waals surface area contributed by atoms with E-state index in [9.17, 15) is 4.79 Å². The second-order valence-electron chi connectivity index (χ2n) is 6.24. The predicted octanol–water partition coefficient (Wildman–Crippen LogP) is 2.91. The second-order valence-corrected chi connectivity index (χ2v) is 6.24. The Kier molecular flexibility index (Phi) is 5.18. The minimum atomic E-state index is -0.263. The average Bonchev–Trinajstić information content (AvgIpc) is 3.18. The van der Waals surface area contributed by atoms with Gasteiger partial charge in [0, 0.05) is 13.3 Å². The van der Waals surface area contributed by atoms with Gasteiger partial charge in [-0.3, -0.25) is 9.48 Å². The summed E-state index contributed by atoms with van der Waals surface area (Å²) in [5.74, 6) is -0.263. The van der Waals surface area contributed by atoms with Crippen LogP contribution in [0.4, 0.5) is 5.69 Å². The summed E-state index contributed by atoms with van der Waals surface area (Å²) < 4.78 is 8.48.